The van der Waals surface area contributed by atoms with Crippen LogP contribution in [0.4, 0.5) is 0 Å². The number of aryl methyl sites for hydroxylation is 1. The van der Waals surface area contributed by atoms with Gasteiger partial charge in [-0.25, -0.2) is 5.01 Å². The van der Waals surface area contributed by atoms with E-state index in [1.165, 1.54) is 5.56 Å². The number of hydrogen-bond acceptors (Lipinski definition) is 3. The first kappa shape index (κ1) is 14.5. The molecule has 0 bridgehead atoms. The Morgan fingerprint density at radius 1 is 1.28 bits per heavy atom. The molecule has 0 saturated carbocycles. The number of hydrazine groups is 1. The first-order valence-electron chi connectivity index (χ1n) is 6.30. The van der Waals surface area contributed by atoms with E-state index in [1.54, 1.807) is 19.1 Å². The van der Waals surface area contributed by atoms with E-state index in [-0.39, 0.29) is 5.91 Å². The van der Waals surface area contributed by atoms with Crippen molar-refractivity contribution in [2.24, 2.45) is 0 Å². The molecule has 0 aromatic heterocycles. The molecule has 1 N–H and O–H groups in total. The molecule has 0 heterocycles. The zero-order chi connectivity index (χ0) is 13.4. The van der Waals surface area contributed by atoms with Crippen LogP contribution in [0.15, 0.2) is 24.3 Å². The van der Waals surface area contributed by atoms with Crippen LogP contribution >= 0.6 is 0 Å². The largest absolute Gasteiger partial charge is 0.494 e. The number of carbonyl (C=O) groups is 1. The number of benzene rings is 1. The topological polar surface area (TPSA) is 41.6 Å². The highest BCUT2D eigenvalue weighted by Crippen LogP contribution is 2.12. The minimum absolute atomic E-state index is 0.0185. The van der Waals surface area contributed by atoms with E-state index in [4.69, 9.17) is 4.74 Å². The Bertz CT molecular complexity index is 361. The van der Waals surface area contributed by atoms with Gasteiger partial charge in [-0.2, -0.15) is 0 Å². The highest BCUT2D eigenvalue weighted by atomic mass is 16.5. The van der Waals surface area contributed by atoms with Crippen molar-refractivity contribution < 1.29 is 9.53 Å². The van der Waals surface area contributed by atoms with E-state index >= 15 is 0 Å². The molecule has 1 amide bonds. The molecule has 0 atom stereocenters. The normalized spacial score (nSPS) is 10.4. The second-order valence-electron chi connectivity index (χ2n) is 4.38. The van der Waals surface area contributed by atoms with Crippen LogP contribution in [0.2, 0.25) is 0 Å². The van der Waals surface area contributed by atoms with Crippen LogP contribution in [0, 0.1) is 0 Å². The number of nitrogens with zero attached hydrogens (tertiary/aromatic N) is 1. The highest BCUT2D eigenvalue weighted by Gasteiger charge is 2.02. The molecule has 1 aromatic carbocycles. The van der Waals surface area contributed by atoms with E-state index < -0.39 is 0 Å². The Balaban J connectivity index is 2.19. The van der Waals surface area contributed by atoms with Crippen molar-refractivity contribution in [1.29, 1.82) is 0 Å². The van der Waals surface area contributed by atoms with Gasteiger partial charge in [-0.05, 0) is 30.5 Å². The summed E-state index contributed by atoms with van der Waals surface area (Å²) in [5.74, 6) is 0.880. The molecule has 0 aliphatic heterocycles. The lowest BCUT2D eigenvalue weighted by atomic mass is 10.2. The van der Waals surface area contributed by atoms with Gasteiger partial charge in [-0.1, -0.05) is 19.1 Å². The van der Waals surface area contributed by atoms with E-state index in [2.05, 4.69) is 24.5 Å². The fourth-order valence-corrected chi connectivity index (χ4v) is 1.55. The third-order valence-electron chi connectivity index (χ3n) is 2.50. The summed E-state index contributed by atoms with van der Waals surface area (Å²) in [5, 5.41) is 1.65. The van der Waals surface area contributed by atoms with Crippen molar-refractivity contribution in [2.45, 2.75) is 26.2 Å². The molecule has 4 heteroatoms. The minimum atomic E-state index is 0.0185. The third-order valence-corrected chi connectivity index (χ3v) is 2.50. The van der Waals surface area contributed by atoms with Crippen LogP contribution in [-0.4, -0.2) is 31.6 Å². The molecular weight excluding hydrogens is 228 g/mol. The molecule has 0 aliphatic rings. The van der Waals surface area contributed by atoms with Gasteiger partial charge < -0.3 is 4.74 Å². The lowest BCUT2D eigenvalue weighted by molar-refractivity contribution is -0.125. The van der Waals surface area contributed by atoms with Crippen molar-refractivity contribution in [2.75, 3.05) is 20.7 Å². The molecule has 100 valence electrons. The SMILES string of the molecule is CCc1ccc(OCCCC(=O)NN(C)C)cc1. The van der Waals surface area contributed by atoms with Crippen LogP contribution in [0.25, 0.3) is 0 Å². The van der Waals surface area contributed by atoms with Crippen molar-refractivity contribution in [1.82, 2.24) is 10.4 Å². The molecule has 1 aromatic rings. The summed E-state index contributed by atoms with van der Waals surface area (Å²) >= 11 is 0. The molecule has 0 spiro atoms. The van der Waals surface area contributed by atoms with Gasteiger partial charge in [0.1, 0.15) is 5.75 Å². The molecule has 1 rings (SSSR count). The summed E-state index contributed by atoms with van der Waals surface area (Å²) in [6.45, 7) is 2.69. The van der Waals surface area contributed by atoms with Gasteiger partial charge in [0.2, 0.25) is 5.91 Å². The van der Waals surface area contributed by atoms with Crippen molar-refractivity contribution in [3.8, 4) is 5.75 Å². The average molecular weight is 250 g/mol. The maximum absolute atomic E-state index is 11.3. The van der Waals surface area contributed by atoms with Crippen LogP contribution in [0.3, 0.4) is 0 Å². The first-order chi connectivity index (χ1) is 8.61. The Kier molecular flexibility index (Phi) is 6.22. The Hall–Kier alpha value is -1.55. The predicted molar refractivity (Wildman–Crippen MR) is 72.4 cm³/mol. The van der Waals surface area contributed by atoms with E-state index in [0.29, 0.717) is 13.0 Å². The van der Waals surface area contributed by atoms with Gasteiger partial charge in [-0.15, -0.1) is 0 Å². The van der Waals surface area contributed by atoms with Crippen molar-refractivity contribution >= 4 is 5.91 Å². The summed E-state index contributed by atoms with van der Waals surface area (Å²) in [5.41, 5.74) is 3.99. The average Bonchev–Trinajstić information content (AvgIpc) is 2.34. The van der Waals surface area contributed by atoms with Crippen molar-refractivity contribution in [3.63, 3.8) is 0 Å². The molecule has 18 heavy (non-hydrogen) atoms. The van der Waals surface area contributed by atoms with Crippen LogP contribution < -0.4 is 10.2 Å². The zero-order valence-corrected chi connectivity index (χ0v) is 11.4. The van der Waals surface area contributed by atoms with E-state index in [9.17, 15) is 4.79 Å². The maximum Gasteiger partial charge on any atom is 0.234 e. The van der Waals surface area contributed by atoms with Gasteiger partial charge >= 0.3 is 0 Å². The summed E-state index contributed by atoms with van der Waals surface area (Å²) in [4.78, 5) is 11.3. The van der Waals surface area contributed by atoms with Crippen LogP contribution in [0.1, 0.15) is 25.3 Å². The van der Waals surface area contributed by atoms with Gasteiger partial charge in [0.15, 0.2) is 0 Å². The fraction of sp³-hybridized carbons (Fsp3) is 0.500. The molecular formula is C14H22N2O2. The van der Waals surface area contributed by atoms with Crippen LogP contribution in [-0.2, 0) is 11.2 Å². The number of nitrogens with one attached hydrogen (secondary N) is 1. The summed E-state index contributed by atoms with van der Waals surface area (Å²) in [6, 6.07) is 8.07. The lowest BCUT2D eigenvalue weighted by Gasteiger charge is -2.11. The van der Waals surface area contributed by atoms with Gasteiger partial charge in [0, 0.05) is 20.5 Å². The van der Waals surface area contributed by atoms with E-state index in [1.807, 2.05) is 12.1 Å². The number of amides is 1. The lowest BCUT2D eigenvalue weighted by Crippen LogP contribution is -2.36. The van der Waals surface area contributed by atoms with E-state index in [0.717, 1.165) is 18.6 Å². The second kappa shape index (κ2) is 7.71. The highest BCUT2D eigenvalue weighted by molar-refractivity contribution is 5.75. The predicted octanol–water partition coefficient (Wildman–Crippen LogP) is 2.00. The van der Waals surface area contributed by atoms with Gasteiger partial charge in [-0.3, -0.25) is 10.2 Å². The summed E-state index contributed by atoms with van der Waals surface area (Å²) in [7, 11) is 3.59. The number of rotatable bonds is 7. The standard InChI is InChI=1S/C14H22N2O2/c1-4-12-7-9-13(10-8-12)18-11-5-6-14(17)15-16(2)3/h7-10H,4-6,11H2,1-3H3,(H,15,17). The molecule has 0 aliphatic carbocycles. The molecule has 0 unspecified atom stereocenters. The number of ether oxygens (including phenoxy) is 1. The summed E-state index contributed by atoms with van der Waals surface area (Å²) in [6.07, 6.45) is 2.23. The van der Waals surface area contributed by atoms with Gasteiger partial charge in [0.25, 0.3) is 0 Å². The van der Waals surface area contributed by atoms with Gasteiger partial charge in [0.05, 0.1) is 6.61 Å². The monoisotopic (exact) mass is 250 g/mol. The van der Waals surface area contributed by atoms with Crippen LogP contribution in [0.5, 0.6) is 5.75 Å². The molecule has 0 radical (unpaired) electrons. The molecule has 0 saturated heterocycles. The molecule has 4 nitrogen and oxygen atoms in total. The molecule has 0 fully saturated rings. The smallest absolute Gasteiger partial charge is 0.234 e. The Labute approximate surface area is 109 Å². The Morgan fingerprint density at radius 2 is 1.94 bits per heavy atom. The maximum atomic E-state index is 11.3. The number of hydrogen-bond donors (Lipinski definition) is 1. The van der Waals surface area contributed by atoms with Crippen molar-refractivity contribution in [3.05, 3.63) is 29.8 Å². The first-order valence-corrected chi connectivity index (χ1v) is 6.30. The Morgan fingerprint density at radius 3 is 2.50 bits per heavy atom. The third kappa shape index (κ3) is 5.68. The zero-order valence-electron chi connectivity index (χ0n) is 11.4. The quantitative estimate of drug-likeness (QED) is 0.594. The fourth-order valence-electron chi connectivity index (χ4n) is 1.55. The minimum Gasteiger partial charge on any atom is -0.494 e. The summed E-state index contributed by atoms with van der Waals surface area (Å²) < 4.78 is 5.57. The second-order valence-corrected chi connectivity index (χ2v) is 4.38. The number of carbonyl (C=O) groups excluding carboxylic acids is 1.